The number of thiazole rings is 1. The Morgan fingerprint density at radius 3 is 2.83 bits per heavy atom. The number of aromatic nitrogens is 1. The van der Waals surface area contributed by atoms with Gasteiger partial charge in [0.25, 0.3) is 0 Å². The number of phenolic OH excluding ortho intramolecular Hbond substituents is 1. The minimum absolute atomic E-state index is 0.0914. The predicted molar refractivity (Wildman–Crippen MR) is 99.4 cm³/mol. The zero-order valence-electron chi connectivity index (χ0n) is 13.3. The molecule has 0 aliphatic carbocycles. The Labute approximate surface area is 147 Å². The summed E-state index contributed by atoms with van der Waals surface area (Å²) in [5.74, 6) is 0.532. The summed E-state index contributed by atoms with van der Waals surface area (Å²) in [6, 6.07) is 9.26. The first-order valence-corrected chi connectivity index (χ1v) is 9.15. The summed E-state index contributed by atoms with van der Waals surface area (Å²) in [6.07, 6.45) is 1.71. The van der Waals surface area contributed by atoms with Crippen LogP contribution in [0.15, 0.2) is 51.2 Å². The number of aromatic hydroxyl groups is 1. The van der Waals surface area contributed by atoms with Crippen LogP contribution in [0.25, 0.3) is 10.6 Å². The summed E-state index contributed by atoms with van der Waals surface area (Å²) >= 11 is 3.23. The molecule has 0 saturated carbocycles. The molecule has 0 aliphatic rings. The fourth-order valence-corrected chi connectivity index (χ4v) is 3.86. The van der Waals surface area contributed by atoms with Crippen molar-refractivity contribution in [2.75, 3.05) is 13.7 Å². The summed E-state index contributed by atoms with van der Waals surface area (Å²) < 4.78 is 6.89. The lowest BCUT2D eigenvalue weighted by Gasteiger charge is -2.04. The Kier molecular flexibility index (Phi) is 5.12. The van der Waals surface area contributed by atoms with Gasteiger partial charge in [0, 0.05) is 11.9 Å². The van der Waals surface area contributed by atoms with E-state index in [-0.39, 0.29) is 5.75 Å². The fraction of sp³-hybridized carbons (Fsp3) is 0.176. The molecule has 5 nitrogen and oxygen atoms in total. The second-order valence-corrected chi connectivity index (χ2v) is 6.63. The quantitative estimate of drug-likeness (QED) is 0.705. The lowest BCUT2D eigenvalue weighted by Crippen LogP contribution is -2.12. The van der Waals surface area contributed by atoms with Crippen molar-refractivity contribution in [3.63, 3.8) is 0 Å². The van der Waals surface area contributed by atoms with Gasteiger partial charge in [0.2, 0.25) is 4.80 Å². The molecule has 0 atom stereocenters. The Morgan fingerprint density at radius 1 is 1.29 bits per heavy atom. The van der Waals surface area contributed by atoms with Crippen LogP contribution < -0.4 is 9.54 Å². The molecule has 7 heteroatoms. The minimum Gasteiger partial charge on any atom is -0.504 e. The number of phenols is 1. The molecule has 0 amide bonds. The van der Waals surface area contributed by atoms with Crippen LogP contribution in [-0.4, -0.2) is 29.7 Å². The molecular weight excluding hydrogens is 342 g/mol. The van der Waals surface area contributed by atoms with E-state index in [0.29, 0.717) is 12.3 Å². The lowest BCUT2D eigenvalue weighted by molar-refractivity contribution is 0.373. The van der Waals surface area contributed by atoms with Crippen molar-refractivity contribution in [1.29, 1.82) is 0 Å². The number of hydrogen-bond acceptors (Lipinski definition) is 6. The number of ether oxygens (including phenoxy) is 1. The third-order valence-corrected chi connectivity index (χ3v) is 5.02. The van der Waals surface area contributed by atoms with E-state index < -0.39 is 0 Å². The standard InChI is InChI=1S/C17H17N3O2S2/c1-3-18-17-20(13(11-24-17)16-5-4-8-23-16)19-10-12-6-7-15(22-2)14(21)9-12/h4-11,21H,3H2,1-2H3. The van der Waals surface area contributed by atoms with Crippen LogP contribution in [-0.2, 0) is 0 Å². The molecule has 1 aromatic carbocycles. The highest BCUT2D eigenvalue weighted by atomic mass is 32.1. The summed E-state index contributed by atoms with van der Waals surface area (Å²) in [6.45, 7) is 2.70. The lowest BCUT2D eigenvalue weighted by atomic mass is 10.2. The maximum absolute atomic E-state index is 9.88. The molecule has 0 unspecified atom stereocenters. The van der Waals surface area contributed by atoms with Crippen molar-refractivity contribution < 1.29 is 9.84 Å². The molecule has 0 spiro atoms. The number of nitrogens with zero attached hydrogens (tertiary/aromatic N) is 3. The van der Waals surface area contributed by atoms with E-state index in [1.807, 2.05) is 29.1 Å². The average Bonchev–Trinajstić information content (AvgIpc) is 3.23. The second kappa shape index (κ2) is 7.46. The number of rotatable bonds is 5. The van der Waals surface area contributed by atoms with Crippen LogP contribution in [0.4, 0.5) is 0 Å². The maximum atomic E-state index is 9.88. The van der Waals surface area contributed by atoms with Crippen molar-refractivity contribution in [2.45, 2.75) is 6.92 Å². The van der Waals surface area contributed by atoms with Crippen LogP contribution in [0.5, 0.6) is 11.5 Å². The Bertz CT molecular complexity index is 908. The second-order valence-electron chi connectivity index (χ2n) is 4.84. The van der Waals surface area contributed by atoms with Gasteiger partial charge in [-0.1, -0.05) is 6.07 Å². The molecule has 2 heterocycles. The molecule has 2 aromatic heterocycles. The third-order valence-electron chi connectivity index (χ3n) is 3.28. The molecule has 0 aliphatic heterocycles. The van der Waals surface area contributed by atoms with Gasteiger partial charge >= 0.3 is 0 Å². The molecule has 24 heavy (non-hydrogen) atoms. The molecule has 3 rings (SSSR count). The summed E-state index contributed by atoms with van der Waals surface area (Å²) in [5.41, 5.74) is 1.79. The van der Waals surface area contributed by atoms with Gasteiger partial charge in [-0.25, -0.2) is 4.68 Å². The van der Waals surface area contributed by atoms with Gasteiger partial charge in [-0.3, -0.25) is 4.99 Å². The largest absolute Gasteiger partial charge is 0.504 e. The van der Waals surface area contributed by atoms with Crippen LogP contribution in [0.1, 0.15) is 12.5 Å². The number of thiophene rings is 1. The van der Waals surface area contributed by atoms with Gasteiger partial charge in [-0.2, -0.15) is 5.10 Å². The fourth-order valence-electron chi connectivity index (χ4n) is 2.16. The number of methoxy groups -OCH3 is 1. The normalized spacial score (nSPS) is 12.2. The van der Waals surface area contributed by atoms with Gasteiger partial charge in [0.05, 0.1) is 23.9 Å². The molecule has 0 saturated heterocycles. The maximum Gasteiger partial charge on any atom is 0.206 e. The average molecular weight is 359 g/mol. The first kappa shape index (κ1) is 16.5. The van der Waals surface area contributed by atoms with Crippen LogP contribution >= 0.6 is 22.7 Å². The molecule has 0 bridgehead atoms. The third kappa shape index (κ3) is 3.42. The number of benzene rings is 1. The molecule has 124 valence electrons. The van der Waals surface area contributed by atoms with E-state index in [0.717, 1.165) is 20.9 Å². The molecular formula is C17H17N3O2S2. The van der Waals surface area contributed by atoms with E-state index in [9.17, 15) is 5.11 Å². The van der Waals surface area contributed by atoms with Crippen molar-refractivity contribution >= 4 is 28.9 Å². The molecule has 0 fully saturated rings. The smallest absolute Gasteiger partial charge is 0.206 e. The molecule has 0 radical (unpaired) electrons. The van der Waals surface area contributed by atoms with Gasteiger partial charge in [-0.05, 0) is 42.1 Å². The van der Waals surface area contributed by atoms with E-state index in [1.165, 1.54) is 7.11 Å². The zero-order chi connectivity index (χ0) is 16.9. The Balaban J connectivity index is 2.01. The van der Waals surface area contributed by atoms with Gasteiger partial charge in [0.1, 0.15) is 0 Å². The SMILES string of the molecule is CCN=c1scc(-c2cccs2)n1N=Cc1ccc(OC)c(O)c1. The van der Waals surface area contributed by atoms with Crippen molar-refractivity contribution in [1.82, 2.24) is 4.68 Å². The van der Waals surface area contributed by atoms with Gasteiger partial charge < -0.3 is 9.84 Å². The highest BCUT2D eigenvalue weighted by Crippen LogP contribution is 2.26. The summed E-state index contributed by atoms with van der Waals surface area (Å²) in [7, 11) is 1.52. The van der Waals surface area contributed by atoms with E-state index in [2.05, 4.69) is 21.5 Å². The van der Waals surface area contributed by atoms with Crippen molar-refractivity contribution in [3.05, 3.63) is 51.5 Å². The highest BCUT2D eigenvalue weighted by molar-refractivity contribution is 7.14. The Hall–Kier alpha value is -2.38. The minimum atomic E-state index is 0.0914. The van der Waals surface area contributed by atoms with E-state index in [4.69, 9.17) is 4.74 Å². The van der Waals surface area contributed by atoms with Crippen LogP contribution in [0.3, 0.4) is 0 Å². The van der Waals surface area contributed by atoms with Crippen LogP contribution in [0, 0.1) is 0 Å². The molecule has 3 aromatic rings. The first-order valence-electron chi connectivity index (χ1n) is 7.39. The topological polar surface area (TPSA) is 59.1 Å². The van der Waals surface area contributed by atoms with Gasteiger partial charge in [0.15, 0.2) is 11.5 Å². The number of hydrogen-bond donors (Lipinski definition) is 1. The van der Waals surface area contributed by atoms with Gasteiger partial charge in [-0.15, -0.1) is 22.7 Å². The molecule has 1 N–H and O–H groups in total. The predicted octanol–water partition coefficient (Wildman–Crippen LogP) is 3.80. The zero-order valence-corrected chi connectivity index (χ0v) is 15.0. The van der Waals surface area contributed by atoms with E-state index in [1.54, 1.807) is 41.0 Å². The highest BCUT2D eigenvalue weighted by Gasteiger charge is 2.08. The summed E-state index contributed by atoms with van der Waals surface area (Å²) in [4.78, 5) is 6.48. The van der Waals surface area contributed by atoms with E-state index >= 15 is 0 Å². The van der Waals surface area contributed by atoms with Crippen molar-refractivity contribution in [3.8, 4) is 22.1 Å². The summed E-state index contributed by atoms with van der Waals surface area (Å²) in [5, 5.41) is 18.6. The monoisotopic (exact) mass is 359 g/mol. The van der Waals surface area contributed by atoms with Crippen molar-refractivity contribution in [2.24, 2.45) is 10.1 Å². The Morgan fingerprint density at radius 2 is 2.17 bits per heavy atom. The first-order chi connectivity index (χ1) is 11.7. The van der Waals surface area contributed by atoms with Crippen LogP contribution in [0.2, 0.25) is 0 Å².